The van der Waals surface area contributed by atoms with E-state index in [1.807, 2.05) is 0 Å². The highest BCUT2D eigenvalue weighted by molar-refractivity contribution is 5.89. The maximum atomic E-state index is 12.7. The van der Waals surface area contributed by atoms with Crippen LogP contribution in [-0.2, 0) is 16.1 Å². The first-order chi connectivity index (χ1) is 9.65. The molecule has 0 atom stereocenters. The Bertz CT molecular complexity index is 581. The topological polar surface area (TPSA) is 84.1 Å². The lowest BCUT2D eigenvalue weighted by Crippen LogP contribution is -2.28. The number of hydrogen-bond acceptors (Lipinski definition) is 4. The van der Waals surface area contributed by atoms with Crippen molar-refractivity contribution in [3.8, 4) is 0 Å². The van der Waals surface area contributed by atoms with Gasteiger partial charge in [0.2, 0.25) is 0 Å². The Morgan fingerprint density at radius 3 is 2.65 bits per heavy atom. The summed E-state index contributed by atoms with van der Waals surface area (Å²) in [6.45, 7) is -0.153. The van der Waals surface area contributed by atoms with Gasteiger partial charge in [0.05, 0.1) is 0 Å². The molecule has 1 heterocycles. The number of hydrogen-bond donors (Lipinski definition) is 2. The predicted octanol–water partition coefficient (Wildman–Crippen LogP) is 1.02. The maximum Gasteiger partial charge on any atom is 0.356 e. The van der Waals surface area contributed by atoms with E-state index in [4.69, 9.17) is 4.74 Å². The summed E-state index contributed by atoms with van der Waals surface area (Å²) >= 11 is 0. The second-order valence-corrected chi connectivity index (χ2v) is 3.95. The zero-order valence-corrected chi connectivity index (χ0v) is 10.4. The molecule has 0 aliphatic carbocycles. The quantitative estimate of drug-likeness (QED) is 0.799. The van der Waals surface area contributed by atoms with Gasteiger partial charge in [-0.05, 0) is 23.8 Å². The smallest absolute Gasteiger partial charge is 0.356 e. The third kappa shape index (κ3) is 3.91. The fourth-order valence-electron chi connectivity index (χ4n) is 1.43. The molecule has 7 heteroatoms. The summed E-state index contributed by atoms with van der Waals surface area (Å²) in [5.74, 6) is -1.44. The van der Waals surface area contributed by atoms with Gasteiger partial charge < -0.3 is 10.1 Å². The number of aromatic amines is 1. The molecule has 1 aromatic carbocycles. The van der Waals surface area contributed by atoms with Crippen LogP contribution < -0.4 is 5.32 Å². The van der Waals surface area contributed by atoms with Crippen molar-refractivity contribution in [3.63, 3.8) is 0 Å². The molecule has 0 aliphatic heterocycles. The monoisotopic (exact) mass is 277 g/mol. The SMILES string of the molecule is O=C(COC(=O)c1ccn[nH]1)NCc1ccc(F)cc1. The summed E-state index contributed by atoms with van der Waals surface area (Å²) < 4.78 is 17.5. The summed E-state index contributed by atoms with van der Waals surface area (Å²) in [6, 6.07) is 7.18. The second-order valence-electron chi connectivity index (χ2n) is 3.95. The van der Waals surface area contributed by atoms with Gasteiger partial charge >= 0.3 is 5.97 Å². The Kier molecular flexibility index (Phi) is 4.43. The van der Waals surface area contributed by atoms with Crippen LogP contribution in [0.25, 0.3) is 0 Å². The minimum Gasteiger partial charge on any atom is -0.451 e. The maximum absolute atomic E-state index is 12.7. The van der Waals surface area contributed by atoms with Crippen molar-refractivity contribution in [2.24, 2.45) is 0 Å². The first-order valence-electron chi connectivity index (χ1n) is 5.83. The molecule has 0 radical (unpaired) electrons. The van der Waals surface area contributed by atoms with Gasteiger partial charge in [0.15, 0.2) is 6.61 Å². The Labute approximate surface area is 113 Å². The zero-order chi connectivity index (χ0) is 14.4. The molecule has 1 amide bonds. The Morgan fingerprint density at radius 1 is 1.25 bits per heavy atom. The average Bonchev–Trinajstić information content (AvgIpc) is 2.98. The third-order valence-electron chi connectivity index (χ3n) is 2.46. The first-order valence-corrected chi connectivity index (χ1v) is 5.83. The van der Waals surface area contributed by atoms with Gasteiger partial charge in [0.25, 0.3) is 5.91 Å². The highest BCUT2D eigenvalue weighted by Crippen LogP contribution is 2.02. The molecule has 2 aromatic rings. The number of carbonyl (C=O) groups excluding carboxylic acids is 2. The number of benzene rings is 1. The lowest BCUT2D eigenvalue weighted by Gasteiger charge is -2.06. The van der Waals surface area contributed by atoms with Crippen LogP contribution in [0.3, 0.4) is 0 Å². The normalized spacial score (nSPS) is 10.1. The lowest BCUT2D eigenvalue weighted by atomic mass is 10.2. The van der Waals surface area contributed by atoms with E-state index in [1.54, 1.807) is 12.1 Å². The van der Waals surface area contributed by atoms with E-state index >= 15 is 0 Å². The van der Waals surface area contributed by atoms with Crippen molar-refractivity contribution >= 4 is 11.9 Å². The molecule has 0 fully saturated rings. The number of ether oxygens (including phenoxy) is 1. The highest BCUT2D eigenvalue weighted by atomic mass is 19.1. The van der Waals surface area contributed by atoms with Gasteiger partial charge in [-0.25, -0.2) is 9.18 Å². The fourth-order valence-corrected chi connectivity index (χ4v) is 1.43. The molecular formula is C13H12FN3O3. The zero-order valence-electron chi connectivity index (χ0n) is 10.4. The van der Waals surface area contributed by atoms with Crippen LogP contribution in [0, 0.1) is 5.82 Å². The van der Waals surface area contributed by atoms with Crippen LogP contribution in [-0.4, -0.2) is 28.7 Å². The Hall–Kier alpha value is -2.70. The number of halogens is 1. The van der Waals surface area contributed by atoms with E-state index in [-0.39, 0.29) is 24.7 Å². The number of amides is 1. The molecule has 6 nitrogen and oxygen atoms in total. The summed E-state index contributed by atoms with van der Waals surface area (Å²) in [5, 5.41) is 8.58. The van der Waals surface area contributed by atoms with E-state index in [0.717, 1.165) is 5.56 Å². The van der Waals surface area contributed by atoms with E-state index < -0.39 is 11.9 Å². The van der Waals surface area contributed by atoms with Crippen molar-refractivity contribution in [2.75, 3.05) is 6.61 Å². The van der Waals surface area contributed by atoms with Gasteiger partial charge in [-0.3, -0.25) is 9.89 Å². The van der Waals surface area contributed by atoms with E-state index in [1.165, 1.54) is 24.4 Å². The fraction of sp³-hybridized carbons (Fsp3) is 0.154. The van der Waals surface area contributed by atoms with Crippen molar-refractivity contribution in [2.45, 2.75) is 6.54 Å². The van der Waals surface area contributed by atoms with Crippen LogP contribution in [0.4, 0.5) is 4.39 Å². The molecule has 0 aliphatic rings. The standard InChI is InChI=1S/C13H12FN3O3/c14-10-3-1-9(2-4-10)7-15-12(18)8-20-13(19)11-5-6-16-17-11/h1-6H,7-8H2,(H,15,18)(H,16,17). The number of nitrogens with one attached hydrogen (secondary N) is 2. The molecule has 0 saturated heterocycles. The van der Waals surface area contributed by atoms with Crippen molar-refractivity contribution in [1.82, 2.24) is 15.5 Å². The van der Waals surface area contributed by atoms with Crippen molar-refractivity contribution in [3.05, 3.63) is 53.6 Å². The highest BCUT2D eigenvalue weighted by Gasteiger charge is 2.10. The molecule has 0 spiro atoms. The predicted molar refractivity (Wildman–Crippen MR) is 67.1 cm³/mol. The van der Waals surface area contributed by atoms with E-state index in [2.05, 4.69) is 15.5 Å². The van der Waals surface area contributed by atoms with Crippen LogP contribution in [0.5, 0.6) is 0 Å². The van der Waals surface area contributed by atoms with Gasteiger partial charge in [-0.1, -0.05) is 12.1 Å². The van der Waals surface area contributed by atoms with Gasteiger partial charge in [-0.2, -0.15) is 5.10 Å². The molecule has 104 valence electrons. The minimum atomic E-state index is -0.653. The van der Waals surface area contributed by atoms with Crippen LogP contribution in [0.15, 0.2) is 36.5 Å². The largest absolute Gasteiger partial charge is 0.451 e. The molecule has 2 rings (SSSR count). The van der Waals surface area contributed by atoms with Crippen LogP contribution in [0.1, 0.15) is 16.1 Å². The number of aromatic nitrogens is 2. The minimum absolute atomic E-state index is 0.177. The summed E-state index contributed by atoms with van der Waals surface area (Å²) in [6.07, 6.45) is 1.41. The molecule has 0 bridgehead atoms. The Morgan fingerprint density at radius 2 is 2.00 bits per heavy atom. The lowest BCUT2D eigenvalue weighted by molar-refractivity contribution is -0.124. The summed E-state index contributed by atoms with van der Waals surface area (Å²) in [7, 11) is 0. The van der Waals surface area contributed by atoms with Crippen LogP contribution in [0.2, 0.25) is 0 Å². The average molecular weight is 277 g/mol. The number of esters is 1. The Balaban J connectivity index is 1.73. The number of carbonyl (C=O) groups is 2. The number of nitrogens with zero attached hydrogens (tertiary/aromatic N) is 1. The molecule has 1 aromatic heterocycles. The van der Waals surface area contributed by atoms with Crippen molar-refractivity contribution in [1.29, 1.82) is 0 Å². The first kappa shape index (κ1) is 13.7. The van der Waals surface area contributed by atoms with E-state index in [9.17, 15) is 14.0 Å². The van der Waals surface area contributed by atoms with Crippen molar-refractivity contribution < 1.29 is 18.7 Å². The summed E-state index contributed by atoms with van der Waals surface area (Å²) in [4.78, 5) is 22.9. The third-order valence-corrected chi connectivity index (χ3v) is 2.46. The molecule has 0 unspecified atom stereocenters. The molecular weight excluding hydrogens is 265 g/mol. The van der Waals surface area contributed by atoms with Gasteiger partial charge in [0.1, 0.15) is 11.5 Å². The molecule has 20 heavy (non-hydrogen) atoms. The van der Waals surface area contributed by atoms with E-state index in [0.29, 0.717) is 0 Å². The second kappa shape index (κ2) is 6.46. The van der Waals surface area contributed by atoms with Gasteiger partial charge in [0, 0.05) is 12.7 Å². The molecule has 0 saturated carbocycles. The number of H-pyrrole nitrogens is 1. The van der Waals surface area contributed by atoms with Gasteiger partial charge in [-0.15, -0.1) is 0 Å². The molecule has 2 N–H and O–H groups in total. The summed E-state index contributed by atoms with van der Waals surface area (Å²) in [5.41, 5.74) is 0.927. The number of rotatable bonds is 5. The van der Waals surface area contributed by atoms with Crippen LogP contribution >= 0.6 is 0 Å².